The number of aryl methyl sites for hydroxylation is 1. The maximum absolute atomic E-state index is 5.28. The zero-order valence-corrected chi connectivity index (χ0v) is 7.51. The summed E-state index contributed by atoms with van der Waals surface area (Å²) in [6, 6.07) is 0. The van der Waals surface area contributed by atoms with Gasteiger partial charge in [-0.25, -0.2) is 0 Å². The summed E-state index contributed by atoms with van der Waals surface area (Å²) in [5.74, 6) is 3.28. The minimum Gasteiger partial charge on any atom is -0.495 e. The highest BCUT2D eigenvalue weighted by molar-refractivity contribution is 5.49. The van der Waals surface area contributed by atoms with Crippen molar-refractivity contribution < 1.29 is 4.74 Å². The number of terminal acetylenes is 1. The molecule has 0 atom stereocenters. The lowest BCUT2D eigenvalue weighted by atomic mass is 10.1. The zero-order valence-electron chi connectivity index (χ0n) is 7.51. The predicted molar refractivity (Wildman–Crippen MR) is 48.2 cm³/mol. The molecular weight excluding hydrogens is 150 g/mol. The van der Waals surface area contributed by atoms with Crippen LogP contribution in [0.4, 0.5) is 0 Å². The summed E-state index contributed by atoms with van der Waals surface area (Å²) in [7, 11) is 1.61. The lowest BCUT2D eigenvalue weighted by Crippen LogP contribution is -1.96. The molecule has 0 aliphatic heterocycles. The number of methoxy groups -OCH3 is 1. The molecule has 1 heterocycles. The maximum atomic E-state index is 5.28. The third-order valence-electron chi connectivity index (χ3n) is 1.87. The van der Waals surface area contributed by atoms with E-state index in [-0.39, 0.29) is 0 Å². The highest BCUT2D eigenvalue weighted by Gasteiger charge is 2.06. The van der Waals surface area contributed by atoms with Gasteiger partial charge < -0.3 is 4.74 Å². The number of ether oxygens (including phenoxy) is 1. The number of rotatable bonds is 1. The first-order chi connectivity index (χ1) is 5.70. The Balaban J connectivity index is 3.38. The molecule has 0 amide bonds. The van der Waals surface area contributed by atoms with E-state index in [0.29, 0.717) is 5.56 Å². The van der Waals surface area contributed by atoms with Crippen LogP contribution < -0.4 is 4.74 Å². The van der Waals surface area contributed by atoms with E-state index in [1.54, 1.807) is 13.3 Å². The van der Waals surface area contributed by atoms with Crippen LogP contribution in [0.5, 0.6) is 5.75 Å². The van der Waals surface area contributed by atoms with Gasteiger partial charge in [-0.1, -0.05) is 5.92 Å². The van der Waals surface area contributed by atoms with Crippen LogP contribution in [0, 0.1) is 26.2 Å². The van der Waals surface area contributed by atoms with E-state index in [0.717, 1.165) is 17.0 Å². The lowest BCUT2D eigenvalue weighted by molar-refractivity contribution is 0.409. The van der Waals surface area contributed by atoms with E-state index in [2.05, 4.69) is 10.9 Å². The molecule has 0 spiro atoms. The molecule has 0 bridgehead atoms. The van der Waals surface area contributed by atoms with Crippen molar-refractivity contribution in [1.29, 1.82) is 0 Å². The smallest absolute Gasteiger partial charge is 0.140 e. The fourth-order valence-electron chi connectivity index (χ4n) is 1.05. The summed E-state index contributed by atoms with van der Waals surface area (Å²) in [5.41, 5.74) is 2.67. The van der Waals surface area contributed by atoms with Gasteiger partial charge in [0.2, 0.25) is 0 Å². The Morgan fingerprint density at radius 3 is 2.67 bits per heavy atom. The van der Waals surface area contributed by atoms with Crippen LogP contribution in [-0.4, -0.2) is 12.1 Å². The molecule has 0 radical (unpaired) electrons. The van der Waals surface area contributed by atoms with Crippen molar-refractivity contribution in [1.82, 2.24) is 4.98 Å². The Kier molecular flexibility index (Phi) is 2.35. The Hall–Kier alpha value is -1.49. The average Bonchev–Trinajstić information content (AvgIpc) is 2.09. The molecule has 1 rings (SSSR count). The van der Waals surface area contributed by atoms with E-state index in [1.807, 2.05) is 13.8 Å². The molecule has 0 fully saturated rings. The van der Waals surface area contributed by atoms with Crippen molar-refractivity contribution in [3.8, 4) is 18.1 Å². The molecule has 0 saturated carbocycles. The van der Waals surface area contributed by atoms with Crippen LogP contribution >= 0.6 is 0 Å². The van der Waals surface area contributed by atoms with Crippen LogP contribution in [0.15, 0.2) is 6.20 Å². The van der Waals surface area contributed by atoms with E-state index in [9.17, 15) is 0 Å². The highest BCUT2D eigenvalue weighted by Crippen LogP contribution is 2.23. The van der Waals surface area contributed by atoms with Gasteiger partial charge in [-0.15, -0.1) is 6.42 Å². The first-order valence-corrected chi connectivity index (χ1v) is 3.67. The van der Waals surface area contributed by atoms with E-state index < -0.39 is 0 Å². The third-order valence-corrected chi connectivity index (χ3v) is 1.87. The van der Waals surface area contributed by atoms with Gasteiger partial charge in [0.15, 0.2) is 0 Å². The summed E-state index contributed by atoms with van der Waals surface area (Å²) in [6.07, 6.45) is 6.93. The first kappa shape index (κ1) is 8.61. The average molecular weight is 161 g/mol. The number of aromatic nitrogens is 1. The van der Waals surface area contributed by atoms with Gasteiger partial charge in [-0.05, 0) is 13.8 Å². The molecule has 2 heteroatoms. The quantitative estimate of drug-likeness (QED) is 0.585. The summed E-state index contributed by atoms with van der Waals surface area (Å²) >= 11 is 0. The molecule has 1 aromatic heterocycles. The van der Waals surface area contributed by atoms with Crippen molar-refractivity contribution in [3.05, 3.63) is 23.0 Å². The molecule has 0 aliphatic rings. The molecule has 0 saturated heterocycles. The molecule has 0 aromatic carbocycles. The van der Waals surface area contributed by atoms with Crippen molar-refractivity contribution >= 4 is 0 Å². The highest BCUT2D eigenvalue weighted by atomic mass is 16.5. The Morgan fingerprint density at radius 2 is 2.17 bits per heavy atom. The van der Waals surface area contributed by atoms with E-state index in [1.165, 1.54) is 0 Å². The molecule has 1 aromatic rings. The number of hydrogen-bond donors (Lipinski definition) is 0. The van der Waals surface area contributed by atoms with Gasteiger partial charge in [-0.2, -0.15) is 0 Å². The van der Waals surface area contributed by atoms with Crippen LogP contribution in [0.3, 0.4) is 0 Å². The summed E-state index contributed by atoms with van der Waals surface area (Å²) in [6.45, 7) is 3.88. The monoisotopic (exact) mass is 161 g/mol. The predicted octanol–water partition coefficient (Wildman–Crippen LogP) is 1.69. The maximum Gasteiger partial charge on any atom is 0.140 e. The fraction of sp³-hybridized carbons (Fsp3) is 0.300. The van der Waals surface area contributed by atoms with Gasteiger partial charge in [0.25, 0.3) is 0 Å². The van der Waals surface area contributed by atoms with Gasteiger partial charge in [0, 0.05) is 17.5 Å². The SMILES string of the molecule is C#Cc1cnc(C)c(C)c1OC. The van der Waals surface area contributed by atoms with Crippen molar-refractivity contribution in [2.45, 2.75) is 13.8 Å². The van der Waals surface area contributed by atoms with E-state index >= 15 is 0 Å². The van der Waals surface area contributed by atoms with E-state index in [4.69, 9.17) is 11.2 Å². The Morgan fingerprint density at radius 1 is 1.50 bits per heavy atom. The Bertz CT molecular complexity index is 336. The molecule has 0 unspecified atom stereocenters. The lowest BCUT2D eigenvalue weighted by Gasteiger charge is -2.08. The largest absolute Gasteiger partial charge is 0.495 e. The normalized spacial score (nSPS) is 9.17. The topological polar surface area (TPSA) is 22.1 Å². The minimum absolute atomic E-state index is 0.709. The molecular formula is C10H11NO. The van der Waals surface area contributed by atoms with Crippen molar-refractivity contribution in [3.63, 3.8) is 0 Å². The molecule has 12 heavy (non-hydrogen) atoms. The van der Waals surface area contributed by atoms with Crippen LogP contribution in [0.25, 0.3) is 0 Å². The zero-order chi connectivity index (χ0) is 9.14. The van der Waals surface area contributed by atoms with Crippen LogP contribution in [0.1, 0.15) is 16.8 Å². The van der Waals surface area contributed by atoms with Gasteiger partial charge in [0.05, 0.1) is 12.7 Å². The second kappa shape index (κ2) is 3.27. The fourth-order valence-corrected chi connectivity index (χ4v) is 1.05. The number of nitrogens with zero attached hydrogens (tertiary/aromatic N) is 1. The van der Waals surface area contributed by atoms with Crippen molar-refractivity contribution in [2.75, 3.05) is 7.11 Å². The van der Waals surface area contributed by atoms with Gasteiger partial charge in [0.1, 0.15) is 5.75 Å². The summed E-state index contributed by atoms with van der Waals surface area (Å²) in [4.78, 5) is 4.14. The number of hydrogen-bond acceptors (Lipinski definition) is 2. The number of pyridine rings is 1. The molecule has 0 aliphatic carbocycles. The summed E-state index contributed by atoms with van der Waals surface area (Å²) < 4.78 is 5.17. The minimum atomic E-state index is 0.709. The first-order valence-electron chi connectivity index (χ1n) is 3.67. The second-order valence-electron chi connectivity index (χ2n) is 2.56. The summed E-state index contributed by atoms with van der Waals surface area (Å²) in [5, 5.41) is 0. The second-order valence-corrected chi connectivity index (χ2v) is 2.56. The van der Waals surface area contributed by atoms with Crippen LogP contribution in [-0.2, 0) is 0 Å². The standard InChI is InChI=1S/C10H11NO/c1-5-9-6-11-8(3)7(2)10(9)12-4/h1,6H,2-4H3. The third kappa shape index (κ3) is 1.26. The molecule has 0 N–H and O–H groups in total. The molecule has 2 nitrogen and oxygen atoms in total. The molecule has 62 valence electrons. The van der Waals surface area contributed by atoms with Crippen LogP contribution in [0.2, 0.25) is 0 Å². The van der Waals surface area contributed by atoms with Gasteiger partial charge >= 0.3 is 0 Å². The van der Waals surface area contributed by atoms with Crippen molar-refractivity contribution in [2.24, 2.45) is 0 Å². The van der Waals surface area contributed by atoms with Gasteiger partial charge in [-0.3, -0.25) is 4.98 Å². The Labute approximate surface area is 72.6 Å².